The third-order valence-electron chi connectivity index (χ3n) is 2.63. The molecule has 102 valence electrons. The molecule has 2 aromatic rings. The number of carbonyl (C=O) groups is 1. The minimum Gasteiger partial charge on any atom is -0.298 e. The second-order valence-electron chi connectivity index (χ2n) is 4.31. The minimum absolute atomic E-state index is 0.617. The summed E-state index contributed by atoms with van der Waals surface area (Å²) in [5, 5.41) is 6.21. The molecule has 0 bridgehead atoms. The molecular formula is C15H15N3O2. The van der Waals surface area contributed by atoms with Crippen LogP contribution in [0.1, 0.15) is 16.8 Å². The molecule has 1 aromatic heterocycles. The third kappa shape index (κ3) is 3.91. The van der Waals surface area contributed by atoms with E-state index < -0.39 is 6.09 Å². The molecule has 0 saturated carbocycles. The van der Waals surface area contributed by atoms with Gasteiger partial charge in [0.1, 0.15) is 0 Å². The number of aryl methyl sites for hydroxylation is 2. The lowest BCUT2D eigenvalue weighted by Crippen LogP contribution is -2.11. The molecule has 5 heteroatoms. The van der Waals surface area contributed by atoms with Crippen molar-refractivity contribution in [3.05, 3.63) is 59.4 Å². The van der Waals surface area contributed by atoms with E-state index in [9.17, 15) is 4.79 Å². The van der Waals surface area contributed by atoms with Gasteiger partial charge in [0.05, 0.1) is 11.9 Å². The van der Waals surface area contributed by atoms with Crippen molar-refractivity contribution in [2.75, 3.05) is 5.32 Å². The van der Waals surface area contributed by atoms with E-state index in [1.165, 1.54) is 6.21 Å². The van der Waals surface area contributed by atoms with E-state index in [4.69, 9.17) is 4.84 Å². The Morgan fingerprint density at radius 2 is 2.15 bits per heavy atom. The average molecular weight is 269 g/mol. The van der Waals surface area contributed by atoms with Crippen LogP contribution in [-0.2, 0) is 4.84 Å². The monoisotopic (exact) mass is 269 g/mol. The molecule has 0 aliphatic carbocycles. The number of carbonyl (C=O) groups excluding carboxylic acids is 1. The van der Waals surface area contributed by atoms with Crippen LogP contribution in [0, 0.1) is 13.8 Å². The van der Waals surface area contributed by atoms with Gasteiger partial charge in [-0.05, 0) is 37.6 Å². The van der Waals surface area contributed by atoms with Crippen molar-refractivity contribution in [1.29, 1.82) is 0 Å². The number of benzene rings is 1. The molecule has 1 amide bonds. The summed E-state index contributed by atoms with van der Waals surface area (Å²) in [5.41, 5.74) is 3.42. The molecule has 5 nitrogen and oxygen atoms in total. The Morgan fingerprint density at radius 3 is 2.85 bits per heavy atom. The summed E-state index contributed by atoms with van der Waals surface area (Å²) >= 11 is 0. The molecule has 20 heavy (non-hydrogen) atoms. The Morgan fingerprint density at radius 1 is 1.30 bits per heavy atom. The number of anilines is 1. The predicted molar refractivity (Wildman–Crippen MR) is 77.9 cm³/mol. The van der Waals surface area contributed by atoms with Crippen molar-refractivity contribution in [3.8, 4) is 0 Å². The van der Waals surface area contributed by atoms with E-state index >= 15 is 0 Å². The van der Waals surface area contributed by atoms with Crippen LogP contribution in [-0.4, -0.2) is 17.3 Å². The topological polar surface area (TPSA) is 63.6 Å². The van der Waals surface area contributed by atoms with Crippen molar-refractivity contribution in [2.45, 2.75) is 13.8 Å². The molecule has 1 heterocycles. The van der Waals surface area contributed by atoms with Crippen LogP contribution in [0.25, 0.3) is 0 Å². The molecule has 0 spiro atoms. The molecular weight excluding hydrogens is 254 g/mol. The molecule has 1 N–H and O–H groups in total. The highest BCUT2D eigenvalue weighted by Crippen LogP contribution is 2.16. The predicted octanol–water partition coefficient (Wildman–Crippen LogP) is 3.28. The molecule has 0 aliphatic heterocycles. The van der Waals surface area contributed by atoms with Crippen LogP contribution in [0.4, 0.5) is 10.5 Å². The lowest BCUT2D eigenvalue weighted by atomic mass is 10.1. The van der Waals surface area contributed by atoms with Crippen LogP contribution in [0.3, 0.4) is 0 Å². The Hall–Kier alpha value is -2.69. The van der Waals surface area contributed by atoms with Gasteiger partial charge in [-0.25, -0.2) is 4.79 Å². The SMILES string of the molecule is Cc1ccc(NC(=O)O/N=C/c2ccccn2)c(C)c1. The normalized spacial score (nSPS) is 10.5. The van der Waals surface area contributed by atoms with E-state index in [1.54, 1.807) is 18.3 Å². The molecule has 1 aromatic carbocycles. The second-order valence-corrected chi connectivity index (χ2v) is 4.31. The molecule has 0 aliphatic rings. The maximum Gasteiger partial charge on any atom is 0.437 e. The maximum absolute atomic E-state index is 11.6. The van der Waals surface area contributed by atoms with Gasteiger partial charge in [-0.3, -0.25) is 15.1 Å². The van der Waals surface area contributed by atoms with Gasteiger partial charge in [0.25, 0.3) is 0 Å². The molecule has 0 saturated heterocycles. The Bertz CT molecular complexity index is 624. The highest BCUT2D eigenvalue weighted by molar-refractivity contribution is 5.86. The van der Waals surface area contributed by atoms with Gasteiger partial charge in [-0.2, -0.15) is 0 Å². The number of pyridine rings is 1. The highest BCUT2D eigenvalue weighted by Gasteiger charge is 2.05. The van der Waals surface area contributed by atoms with Crippen LogP contribution in [0.2, 0.25) is 0 Å². The van der Waals surface area contributed by atoms with Crippen molar-refractivity contribution in [1.82, 2.24) is 4.98 Å². The highest BCUT2D eigenvalue weighted by atomic mass is 16.7. The molecule has 2 rings (SSSR count). The lowest BCUT2D eigenvalue weighted by Gasteiger charge is -2.06. The fourth-order valence-electron chi connectivity index (χ4n) is 1.67. The van der Waals surface area contributed by atoms with Gasteiger partial charge in [0.2, 0.25) is 0 Å². The van der Waals surface area contributed by atoms with E-state index in [0.717, 1.165) is 11.1 Å². The first-order valence-electron chi connectivity index (χ1n) is 6.15. The number of rotatable bonds is 3. The number of oxime groups is 1. The quantitative estimate of drug-likeness (QED) is 0.528. The Balaban J connectivity index is 1.91. The zero-order valence-electron chi connectivity index (χ0n) is 11.3. The Labute approximate surface area is 117 Å². The standard InChI is InChI=1S/C15H15N3O2/c1-11-6-7-14(12(2)9-11)18-15(19)20-17-10-13-5-3-4-8-16-13/h3-10H,1-2H3,(H,18,19)/b17-10+. The van der Waals surface area contributed by atoms with E-state index in [1.807, 2.05) is 38.1 Å². The fraction of sp³-hybridized carbons (Fsp3) is 0.133. The first kappa shape index (κ1) is 13.7. The molecule has 0 fully saturated rings. The van der Waals surface area contributed by atoms with Crippen molar-refractivity contribution >= 4 is 18.0 Å². The zero-order valence-corrected chi connectivity index (χ0v) is 11.3. The summed E-state index contributed by atoms with van der Waals surface area (Å²) in [6, 6.07) is 11.1. The van der Waals surface area contributed by atoms with Gasteiger partial charge in [-0.15, -0.1) is 0 Å². The van der Waals surface area contributed by atoms with E-state index in [0.29, 0.717) is 11.4 Å². The van der Waals surface area contributed by atoms with E-state index in [2.05, 4.69) is 15.5 Å². The van der Waals surface area contributed by atoms with Crippen LogP contribution >= 0.6 is 0 Å². The fourth-order valence-corrected chi connectivity index (χ4v) is 1.67. The number of aromatic nitrogens is 1. The van der Waals surface area contributed by atoms with Gasteiger partial charge >= 0.3 is 6.09 Å². The van der Waals surface area contributed by atoms with Crippen molar-refractivity contribution < 1.29 is 9.63 Å². The first-order valence-corrected chi connectivity index (χ1v) is 6.15. The smallest absolute Gasteiger partial charge is 0.298 e. The van der Waals surface area contributed by atoms with Gasteiger partial charge in [0, 0.05) is 11.9 Å². The summed E-state index contributed by atoms with van der Waals surface area (Å²) in [6.45, 7) is 3.91. The summed E-state index contributed by atoms with van der Waals surface area (Å²) in [5.74, 6) is 0. The maximum atomic E-state index is 11.6. The van der Waals surface area contributed by atoms with Crippen LogP contribution in [0.15, 0.2) is 47.8 Å². The molecule has 0 atom stereocenters. The summed E-state index contributed by atoms with van der Waals surface area (Å²) in [6.07, 6.45) is 2.38. The number of nitrogens with one attached hydrogen (secondary N) is 1. The number of hydrogen-bond acceptors (Lipinski definition) is 4. The zero-order chi connectivity index (χ0) is 14.4. The van der Waals surface area contributed by atoms with Gasteiger partial charge in [-0.1, -0.05) is 28.9 Å². The average Bonchev–Trinajstić information content (AvgIpc) is 2.43. The summed E-state index contributed by atoms with van der Waals surface area (Å²) < 4.78 is 0. The van der Waals surface area contributed by atoms with Gasteiger partial charge in [0.15, 0.2) is 0 Å². The lowest BCUT2D eigenvalue weighted by molar-refractivity contribution is 0.167. The number of nitrogens with zero attached hydrogens (tertiary/aromatic N) is 2. The van der Waals surface area contributed by atoms with Gasteiger partial charge < -0.3 is 0 Å². The first-order chi connectivity index (χ1) is 9.65. The number of amides is 1. The van der Waals surface area contributed by atoms with Crippen LogP contribution in [0.5, 0.6) is 0 Å². The molecule has 0 unspecified atom stereocenters. The minimum atomic E-state index is -0.635. The van der Waals surface area contributed by atoms with Crippen molar-refractivity contribution in [3.63, 3.8) is 0 Å². The summed E-state index contributed by atoms with van der Waals surface area (Å²) in [7, 11) is 0. The second kappa shape index (κ2) is 6.47. The largest absolute Gasteiger partial charge is 0.437 e. The van der Waals surface area contributed by atoms with E-state index in [-0.39, 0.29) is 0 Å². The number of hydrogen-bond donors (Lipinski definition) is 1. The molecule has 0 radical (unpaired) electrons. The summed E-state index contributed by atoms with van der Waals surface area (Å²) in [4.78, 5) is 20.3. The van der Waals surface area contributed by atoms with Crippen LogP contribution < -0.4 is 5.32 Å². The van der Waals surface area contributed by atoms with Crippen molar-refractivity contribution in [2.24, 2.45) is 5.16 Å². The Kier molecular flexibility index (Phi) is 4.44. The third-order valence-corrected chi connectivity index (χ3v) is 2.63.